The number of nitrogens with zero attached hydrogens (tertiary/aromatic N) is 2. The van der Waals surface area contributed by atoms with Crippen molar-refractivity contribution >= 4 is 11.9 Å². The minimum atomic E-state index is -1.13. The van der Waals surface area contributed by atoms with Crippen molar-refractivity contribution in [2.45, 2.75) is 19.9 Å². The minimum absolute atomic E-state index is 0.274. The van der Waals surface area contributed by atoms with Gasteiger partial charge >= 0.3 is 5.97 Å². The fourth-order valence-electron chi connectivity index (χ4n) is 2.24. The van der Waals surface area contributed by atoms with Crippen LogP contribution in [0.2, 0.25) is 0 Å². The topological polar surface area (TPSA) is 93.5 Å². The second kappa shape index (κ2) is 6.95. The van der Waals surface area contributed by atoms with Crippen LogP contribution in [0.25, 0.3) is 0 Å². The smallest absolute Gasteiger partial charge is 0.330 e. The molecule has 0 fully saturated rings. The van der Waals surface area contributed by atoms with Crippen LogP contribution in [0.1, 0.15) is 23.0 Å². The Bertz CT molecular complexity index is 710. The highest BCUT2D eigenvalue weighted by molar-refractivity contribution is 5.85. The van der Waals surface area contributed by atoms with Crippen molar-refractivity contribution in [3.05, 3.63) is 47.3 Å². The van der Waals surface area contributed by atoms with Crippen LogP contribution in [0.15, 0.2) is 30.3 Å². The number of nitrogens with one attached hydrogen (secondary N) is 1. The maximum absolute atomic E-state index is 12.0. The number of rotatable bonds is 6. The number of benzene rings is 1. The number of amides is 1. The number of carboxylic acid groups (broad SMARTS) is 1. The number of carbonyl (C=O) groups is 2. The zero-order valence-electron chi connectivity index (χ0n) is 13.2. The van der Waals surface area contributed by atoms with Gasteiger partial charge < -0.3 is 15.2 Å². The number of aliphatic carboxylic acids is 1. The molecule has 0 spiro atoms. The van der Waals surface area contributed by atoms with Gasteiger partial charge in [-0.15, -0.1) is 0 Å². The molecule has 2 N–H and O–H groups in total. The van der Waals surface area contributed by atoms with Crippen molar-refractivity contribution in [3.63, 3.8) is 0 Å². The summed E-state index contributed by atoms with van der Waals surface area (Å²) in [5.41, 5.74) is 1.98. The molecule has 23 heavy (non-hydrogen) atoms. The third kappa shape index (κ3) is 3.88. The van der Waals surface area contributed by atoms with Gasteiger partial charge in [0.05, 0.1) is 5.69 Å². The van der Waals surface area contributed by atoms with Crippen molar-refractivity contribution in [1.29, 1.82) is 0 Å². The van der Waals surface area contributed by atoms with Crippen molar-refractivity contribution in [1.82, 2.24) is 15.1 Å². The zero-order chi connectivity index (χ0) is 17.0. The second-order valence-corrected chi connectivity index (χ2v) is 5.16. The van der Waals surface area contributed by atoms with Gasteiger partial charge in [0.25, 0.3) is 5.91 Å². The van der Waals surface area contributed by atoms with Crippen LogP contribution in [0.3, 0.4) is 0 Å². The summed E-state index contributed by atoms with van der Waals surface area (Å²) in [6.07, 6.45) is 0. The van der Waals surface area contributed by atoms with E-state index in [0.29, 0.717) is 17.0 Å². The molecule has 0 bridgehead atoms. The zero-order valence-corrected chi connectivity index (χ0v) is 13.2. The lowest BCUT2D eigenvalue weighted by Gasteiger charge is -2.15. The molecule has 0 unspecified atom stereocenters. The van der Waals surface area contributed by atoms with Crippen LogP contribution in [-0.2, 0) is 16.6 Å². The Morgan fingerprint density at radius 2 is 1.96 bits per heavy atom. The Morgan fingerprint density at radius 1 is 1.30 bits per heavy atom. The first-order valence-electron chi connectivity index (χ1n) is 7.10. The minimum Gasteiger partial charge on any atom is -0.480 e. The molecule has 1 amide bonds. The quantitative estimate of drug-likeness (QED) is 0.839. The molecule has 0 saturated carbocycles. The summed E-state index contributed by atoms with van der Waals surface area (Å²) < 4.78 is 7.14. The molecule has 0 aliphatic heterocycles. The van der Waals surface area contributed by atoms with E-state index in [2.05, 4.69) is 10.4 Å². The predicted octanol–water partition coefficient (Wildman–Crippen LogP) is 1.36. The number of ether oxygens (including phenoxy) is 1. The van der Waals surface area contributed by atoms with Gasteiger partial charge in [-0.1, -0.05) is 30.3 Å². The highest BCUT2D eigenvalue weighted by Crippen LogP contribution is 2.21. The molecule has 1 atom stereocenters. The van der Waals surface area contributed by atoms with Crippen LogP contribution in [0.5, 0.6) is 5.75 Å². The van der Waals surface area contributed by atoms with E-state index in [4.69, 9.17) is 4.74 Å². The fraction of sp³-hybridized carbons (Fsp3) is 0.312. The van der Waals surface area contributed by atoms with Gasteiger partial charge in [0.2, 0.25) is 0 Å². The maximum atomic E-state index is 12.0. The Morgan fingerprint density at radius 3 is 2.48 bits per heavy atom. The van der Waals surface area contributed by atoms with Gasteiger partial charge in [-0.05, 0) is 19.4 Å². The molecular formula is C16H19N3O4. The molecule has 0 aliphatic carbocycles. The maximum Gasteiger partial charge on any atom is 0.330 e. The predicted molar refractivity (Wildman–Crippen MR) is 83.1 cm³/mol. The van der Waals surface area contributed by atoms with E-state index >= 15 is 0 Å². The van der Waals surface area contributed by atoms with E-state index in [9.17, 15) is 14.7 Å². The number of aromatic nitrogens is 2. The first-order chi connectivity index (χ1) is 10.9. The summed E-state index contributed by atoms with van der Waals surface area (Å²) in [5.74, 6) is -1.10. The Hall–Kier alpha value is -2.83. The Balaban J connectivity index is 2.01. The lowest BCUT2D eigenvalue weighted by molar-refractivity contribution is -0.142. The standard InChI is InChI=1S/C16H19N3O4/c1-10-15(11(2)19(3)18-10)23-9-13(20)17-14(16(21)22)12-7-5-4-6-8-12/h4-8,14H,9H2,1-3H3,(H,17,20)(H,21,22)/t14-/m1/s1. The molecular weight excluding hydrogens is 298 g/mol. The van der Waals surface area contributed by atoms with Crippen LogP contribution in [0.4, 0.5) is 0 Å². The summed E-state index contributed by atoms with van der Waals surface area (Å²) in [7, 11) is 1.78. The van der Waals surface area contributed by atoms with Gasteiger partial charge in [0, 0.05) is 7.05 Å². The first kappa shape index (κ1) is 16.5. The SMILES string of the molecule is Cc1nn(C)c(C)c1OCC(=O)N[C@@H](C(=O)O)c1ccccc1. The average Bonchev–Trinajstić information content (AvgIpc) is 2.76. The highest BCUT2D eigenvalue weighted by Gasteiger charge is 2.22. The number of carboxylic acids is 1. The lowest BCUT2D eigenvalue weighted by Crippen LogP contribution is -2.36. The number of hydrogen-bond donors (Lipinski definition) is 2. The molecule has 7 heteroatoms. The van der Waals surface area contributed by atoms with Gasteiger partial charge in [0.15, 0.2) is 18.4 Å². The molecule has 122 valence electrons. The summed E-state index contributed by atoms with van der Waals surface area (Å²) in [6, 6.07) is 7.40. The third-order valence-corrected chi connectivity index (χ3v) is 3.48. The average molecular weight is 317 g/mol. The van der Waals surface area contributed by atoms with E-state index < -0.39 is 17.9 Å². The molecule has 0 aliphatic rings. The van der Waals surface area contributed by atoms with Crippen molar-refractivity contribution in [2.24, 2.45) is 7.05 Å². The van der Waals surface area contributed by atoms with E-state index in [1.165, 1.54) is 0 Å². The largest absolute Gasteiger partial charge is 0.480 e. The van der Waals surface area contributed by atoms with Crippen molar-refractivity contribution in [2.75, 3.05) is 6.61 Å². The van der Waals surface area contributed by atoms with Gasteiger partial charge in [-0.3, -0.25) is 9.48 Å². The summed E-state index contributed by atoms with van der Waals surface area (Å²) in [6.45, 7) is 3.34. The van der Waals surface area contributed by atoms with E-state index in [-0.39, 0.29) is 6.61 Å². The van der Waals surface area contributed by atoms with E-state index in [1.54, 1.807) is 49.0 Å². The summed E-state index contributed by atoms with van der Waals surface area (Å²) in [4.78, 5) is 23.4. The molecule has 1 aromatic heterocycles. The third-order valence-electron chi connectivity index (χ3n) is 3.48. The molecule has 2 rings (SSSR count). The molecule has 1 aromatic carbocycles. The normalized spacial score (nSPS) is 11.8. The number of carbonyl (C=O) groups excluding carboxylic acids is 1. The van der Waals surface area contributed by atoms with Gasteiger partial charge in [-0.25, -0.2) is 4.79 Å². The highest BCUT2D eigenvalue weighted by atomic mass is 16.5. The summed E-state index contributed by atoms with van der Waals surface area (Å²) >= 11 is 0. The van der Waals surface area contributed by atoms with Crippen LogP contribution >= 0.6 is 0 Å². The molecule has 7 nitrogen and oxygen atoms in total. The van der Waals surface area contributed by atoms with Gasteiger partial charge in [0.1, 0.15) is 5.69 Å². The molecule has 0 saturated heterocycles. The fourth-order valence-corrected chi connectivity index (χ4v) is 2.24. The monoisotopic (exact) mass is 317 g/mol. The summed E-state index contributed by atoms with van der Waals surface area (Å²) in [5, 5.41) is 15.9. The molecule has 1 heterocycles. The van der Waals surface area contributed by atoms with Crippen LogP contribution < -0.4 is 10.1 Å². The van der Waals surface area contributed by atoms with Crippen LogP contribution in [-0.4, -0.2) is 33.4 Å². The van der Waals surface area contributed by atoms with Crippen molar-refractivity contribution < 1.29 is 19.4 Å². The Kier molecular flexibility index (Phi) is 5.00. The van der Waals surface area contributed by atoms with Crippen molar-refractivity contribution in [3.8, 4) is 5.75 Å². The first-order valence-corrected chi connectivity index (χ1v) is 7.10. The van der Waals surface area contributed by atoms with E-state index in [1.807, 2.05) is 6.92 Å². The molecule has 2 aromatic rings. The molecule has 0 radical (unpaired) electrons. The van der Waals surface area contributed by atoms with Gasteiger partial charge in [-0.2, -0.15) is 5.10 Å². The van der Waals surface area contributed by atoms with Crippen LogP contribution in [0, 0.1) is 13.8 Å². The Labute approximate surface area is 133 Å². The second-order valence-electron chi connectivity index (χ2n) is 5.16. The number of aryl methyl sites for hydroxylation is 2. The number of hydrogen-bond acceptors (Lipinski definition) is 4. The van der Waals surface area contributed by atoms with E-state index in [0.717, 1.165) is 5.69 Å². The lowest BCUT2D eigenvalue weighted by atomic mass is 10.1.